The first-order chi connectivity index (χ1) is 9.02. The number of carbonyl (C=O) groups excluding carboxylic acids is 2. The summed E-state index contributed by atoms with van der Waals surface area (Å²) in [6, 6.07) is 0. The standard InChI is InChI=1S/C14H27N3O2/c1-3-4-7-16(10-13(15)18)11-14(19)17-8-5-6-12(2)9-17/h12H,3-11H2,1-2H3,(H2,15,18). The monoisotopic (exact) mass is 269 g/mol. The number of unbranched alkanes of at least 4 members (excludes halogenated alkanes) is 1. The fourth-order valence-corrected chi connectivity index (χ4v) is 2.52. The van der Waals surface area contributed by atoms with Crippen molar-refractivity contribution in [2.75, 3.05) is 32.7 Å². The lowest BCUT2D eigenvalue weighted by atomic mass is 10.0. The maximum absolute atomic E-state index is 12.2. The highest BCUT2D eigenvalue weighted by Crippen LogP contribution is 2.15. The predicted molar refractivity (Wildman–Crippen MR) is 75.5 cm³/mol. The Morgan fingerprint density at radius 3 is 2.68 bits per heavy atom. The van der Waals surface area contributed by atoms with E-state index in [1.807, 2.05) is 9.80 Å². The number of carbonyl (C=O) groups is 2. The topological polar surface area (TPSA) is 66.6 Å². The van der Waals surface area contributed by atoms with Gasteiger partial charge in [0.15, 0.2) is 0 Å². The van der Waals surface area contributed by atoms with Crippen LogP contribution in [0.5, 0.6) is 0 Å². The highest BCUT2D eigenvalue weighted by atomic mass is 16.2. The molecule has 5 heteroatoms. The van der Waals surface area contributed by atoms with Crippen LogP contribution in [0.15, 0.2) is 0 Å². The van der Waals surface area contributed by atoms with Gasteiger partial charge in [-0.3, -0.25) is 14.5 Å². The van der Waals surface area contributed by atoms with Crippen LogP contribution >= 0.6 is 0 Å². The average molecular weight is 269 g/mol. The molecule has 0 saturated carbocycles. The zero-order valence-corrected chi connectivity index (χ0v) is 12.2. The summed E-state index contributed by atoms with van der Waals surface area (Å²) in [6.07, 6.45) is 4.31. The number of nitrogens with zero attached hydrogens (tertiary/aromatic N) is 2. The van der Waals surface area contributed by atoms with Crippen LogP contribution in [0.25, 0.3) is 0 Å². The second kappa shape index (κ2) is 8.15. The second-order valence-corrected chi connectivity index (χ2v) is 5.62. The molecule has 0 aromatic rings. The van der Waals surface area contributed by atoms with Gasteiger partial charge >= 0.3 is 0 Å². The summed E-state index contributed by atoms with van der Waals surface area (Å²) in [6.45, 7) is 7.21. The van der Waals surface area contributed by atoms with Crippen LogP contribution in [0.1, 0.15) is 39.5 Å². The quantitative estimate of drug-likeness (QED) is 0.744. The van der Waals surface area contributed by atoms with E-state index >= 15 is 0 Å². The Kier molecular flexibility index (Phi) is 6.84. The zero-order valence-electron chi connectivity index (χ0n) is 12.2. The number of nitrogens with two attached hydrogens (primary N) is 1. The fraction of sp³-hybridized carbons (Fsp3) is 0.857. The number of hydrogen-bond donors (Lipinski definition) is 1. The first-order valence-corrected chi connectivity index (χ1v) is 7.31. The molecule has 0 aliphatic carbocycles. The van der Waals surface area contributed by atoms with Crippen molar-refractivity contribution in [2.45, 2.75) is 39.5 Å². The number of likely N-dealkylation sites (tertiary alicyclic amines) is 1. The van der Waals surface area contributed by atoms with Crippen molar-refractivity contribution in [3.8, 4) is 0 Å². The van der Waals surface area contributed by atoms with Crippen LogP contribution in [0.4, 0.5) is 0 Å². The molecule has 1 aliphatic heterocycles. The van der Waals surface area contributed by atoms with Crippen molar-refractivity contribution >= 4 is 11.8 Å². The summed E-state index contributed by atoms with van der Waals surface area (Å²) >= 11 is 0. The maximum atomic E-state index is 12.2. The molecule has 0 bridgehead atoms. The first kappa shape index (κ1) is 16.0. The minimum atomic E-state index is -0.365. The zero-order chi connectivity index (χ0) is 14.3. The van der Waals surface area contributed by atoms with Gasteiger partial charge in [-0.2, -0.15) is 0 Å². The molecule has 1 fully saturated rings. The Morgan fingerprint density at radius 1 is 1.37 bits per heavy atom. The lowest BCUT2D eigenvalue weighted by Crippen LogP contribution is -2.46. The largest absolute Gasteiger partial charge is 0.369 e. The van der Waals surface area contributed by atoms with E-state index in [1.165, 1.54) is 6.42 Å². The molecular formula is C14H27N3O2. The molecule has 5 nitrogen and oxygen atoms in total. The summed E-state index contributed by atoms with van der Waals surface area (Å²) in [5.41, 5.74) is 5.24. The summed E-state index contributed by atoms with van der Waals surface area (Å²) in [7, 11) is 0. The van der Waals surface area contributed by atoms with Crippen LogP contribution in [0.3, 0.4) is 0 Å². The number of primary amides is 1. The summed E-state index contributed by atoms with van der Waals surface area (Å²) in [4.78, 5) is 27.1. The lowest BCUT2D eigenvalue weighted by Gasteiger charge is -2.32. The van der Waals surface area contributed by atoms with Crippen molar-refractivity contribution < 1.29 is 9.59 Å². The number of amides is 2. The average Bonchev–Trinajstić information content (AvgIpc) is 2.35. The molecule has 1 heterocycles. The SMILES string of the molecule is CCCCN(CC(N)=O)CC(=O)N1CCCC(C)C1. The van der Waals surface area contributed by atoms with Gasteiger partial charge < -0.3 is 10.6 Å². The minimum Gasteiger partial charge on any atom is -0.369 e. The molecular weight excluding hydrogens is 242 g/mol. The Labute approximate surface area is 116 Å². The molecule has 0 spiro atoms. The van der Waals surface area contributed by atoms with E-state index in [4.69, 9.17) is 5.73 Å². The molecule has 0 aromatic heterocycles. The minimum absolute atomic E-state index is 0.129. The molecule has 1 saturated heterocycles. The number of hydrogen-bond acceptors (Lipinski definition) is 3. The Morgan fingerprint density at radius 2 is 2.11 bits per heavy atom. The van der Waals surface area contributed by atoms with Gasteiger partial charge in [-0.25, -0.2) is 0 Å². The Balaban J connectivity index is 2.46. The van der Waals surface area contributed by atoms with Crippen LogP contribution in [-0.4, -0.2) is 54.3 Å². The third-order valence-corrected chi connectivity index (χ3v) is 3.58. The van der Waals surface area contributed by atoms with Crippen LogP contribution in [0.2, 0.25) is 0 Å². The van der Waals surface area contributed by atoms with Crippen LogP contribution in [0, 0.1) is 5.92 Å². The van der Waals surface area contributed by atoms with E-state index in [2.05, 4.69) is 13.8 Å². The van der Waals surface area contributed by atoms with Gasteiger partial charge in [-0.15, -0.1) is 0 Å². The Bertz CT molecular complexity index is 307. The van der Waals surface area contributed by atoms with Crippen molar-refractivity contribution in [3.63, 3.8) is 0 Å². The smallest absolute Gasteiger partial charge is 0.236 e. The number of rotatable bonds is 7. The van der Waals surface area contributed by atoms with E-state index in [0.717, 1.165) is 38.9 Å². The highest BCUT2D eigenvalue weighted by Gasteiger charge is 2.22. The van der Waals surface area contributed by atoms with Gasteiger partial charge in [0.1, 0.15) is 0 Å². The summed E-state index contributed by atoms with van der Waals surface area (Å²) in [5, 5.41) is 0. The van der Waals surface area contributed by atoms with Crippen molar-refractivity contribution in [3.05, 3.63) is 0 Å². The van der Waals surface area contributed by atoms with Gasteiger partial charge in [0.05, 0.1) is 13.1 Å². The third-order valence-electron chi connectivity index (χ3n) is 3.58. The van der Waals surface area contributed by atoms with Crippen molar-refractivity contribution in [2.24, 2.45) is 11.7 Å². The van der Waals surface area contributed by atoms with E-state index in [-0.39, 0.29) is 18.4 Å². The van der Waals surface area contributed by atoms with Gasteiger partial charge in [0.25, 0.3) is 0 Å². The van der Waals surface area contributed by atoms with E-state index in [0.29, 0.717) is 12.5 Å². The second-order valence-electron chi connectivity index (χ2n) is 5.62. The molecule has 1 aliphatic rings. The Hall–Kier alpha value is -1.10. The molecule has 1 atom stereocenters. The first-order valence-electron chi connectivity index (χ1n) is 7.31. The van der Waals surface area contributed by atoms with E-state index in [1.54, 1.807) is 0 Å². The molecule has 110 valence electrons. The molecule has 0 aromatic carbocycles. The van der Waals surface area contributed by atoms with Crippen molar-refractivity contribution in [1.82, 2.24) is 9.80 Å². The summed E-state index contributed by atoms with van der Waals surface area (Å²) in [5.74, 6) is 0.345. The molecule has 0 radical (unpaired) electrons. The van der Waals surface area contributed by atoms with E-state index in [9.17, 15) is 9.59 Å². The molecule has 1 rings (SSSR count). The highest BCUT2D eigenvalue weighted by molar-refractivity contribution is 5.80. The molecule has 19 heavy (non-hydrogen) atoms. The maximum Gasteiger partial charge on any atom is 0.236 e. The third kappa shape index (κ3) is 6.05. The fourth-order valence-electron chi connectivity index (χ4n) is 2.52. The van der Waals surface area contributed by atoms with Gasteiger partial charge in [-0.05, 0) is 31.7 Å². The molecule has 1 unspecified atom stereocenters. The lowest BCUT2D eigenvalue weighted by molar-refractivity contribution is -0.134. The molecule has 2 amide bonds. The van der Waals surface area contributed by atoms with Gasteiger partial charge in [0, 0.05) is 13.1 Å². The number of piperidine rings is 1. The van der Waals surface area contributed by atoms with Gasteiger partial charge in [-0.1, -0.05) is 20.3 Å². The van der Waals surface area contributed by atoms with Crippen LogP contribution < -0.4 is 5.73 Å². The van der Waals surface area contributed by atoms with Crippen LogP contribution in [-0.2, 0) is 9.59 Å². The summed E-state index contributed by atoms with van der Waals surface area (Å²) < 4.78 is 0. The van der Waals surface area contributed by atoms with Gasteiger partial charge in [0.2, 0.25) is 11.8 Å². The van der Waals surface area contributed by atoms with E-state index < -0.39 is 0 Å². The van der Waals surface area contributed by atoms with Crippen molar-refractivity contribution in [1.29, 1.82) is 0 Å². The predicted octanol–water partition coefficient (Wildman–Crippen LogP) is 0.832. The normalized spacial score (nSPS) is 19.7. The molecule has 2 N–H and O–H groups in total.